The molecule has 0 fully saturated rings. The second-order valence-electron chi connectivity index (χ2n) is 3.32. The van der Waals surface area contributed by atoms with Gasteiger partial charge in [-0.1, -0.05) is 22.8 Å². The van der Waals surface area contributed by atoms with Gasteiger partial charge in [-0.25, -0.2) is 0 Å². The van der Waals surface area contributed by atoms with Crippen molar-refractivity contribution in [2.75, 3.05) is 13.7 Å². The van der Waals surface area contributed by atoms with Crippen molar-refractivity contribution in [1.82, 2.24) is 0 Å². The van der Waals surface area contributed by atoms with Crippen molar-refractivity contribution in [3.8, 4) is 5.75 Å². The van der Waals surface area contributed by atoms with E-state index in [-0.39, 0.29) is 6.54 Å². The highest BCUT2D eigenvalue weighted by Gasteiger charge is 2.18. The largest absolute Gasteiger partial charge is 0.495 e. The van der Waals surface area contributed by atoms with Gasteiger partial charge in [0.2, 0.25) is 0 Å². The lowest BCUT2D eigenvalue weighted by Crippen LogP contribution is -2.21. The number of benzene rings is 1. The van der Waals surface area contributed by atoms with Gasteiger partial charge in [0.25, 0.3) is 0 Å². The van der Waals surface area contributed by atoms with Crippen LogP contribution in [-0.4, -0.2) is 30.0 Å². The van der Waals surface area contributed by atoms with E-state index < -0.39 is 12.2 Å². The number of halogens is 1. The molecule has 2 atom stereocenters. The predicted octanol–water partition coefficient (Wildman–Crippen LogP) is 2.05. The molecule has 0 amide bonds. The topological polar surface area (TPSA) is 98.5 Å². The zero-order valence-electron chi connectivity index (χ0n) is 9.12. The molecule has 0 radical (unpaired) electrons. The highest BCUT2D eigenvalue weighted by atomic mass is 35.5. The lowest BCUT2D eigenvalue weighted by molar-refractivity contribution is 0.0243. The number of ether oxygens (including phenoxy) is 1. The molecular weight excluding hydrogens is 246 g/mol. The van der Waals surface area contributed by atoms with Gasteiger partial charge in [-0.3, -0.25) is 0 Å². The maximum Gasteiger partial charge on any atom is 0.137 e. The van der Waals surface area contributed by atoms with Crippen LogP contribution in [0.15, 0.2) is 23.3 Å². The van der Waals surface area contributed by atoms with Crippen molar-refractivity contribution in [3.63, 3.8) is 0 Å². The Balaban J connectivity index is 2.88. The summed E-state index contributed by atoms with van der Waals surface area (Å²) >= 11 is 5.83. The Labute approximate surface area is 103 Å². The molecule has 92 valence electrons. The van der Waals surface area contributed by atoms with Crippen LogP contribution in [0.3, 0.4) is 0 Å². The molecule has 0 saturated carbocycles. The fourth-order valence-corrected chi connectivity index (χ4v) is 1.50. The summed E-state index contributed by atoms with van der Waals surface area (Å²) in [5.74, 6) is 0.402. The smallest absolute Gasteiger partial charge is 0.137 e. The van der Waals surface area contributed by atoms with Crippen LogP contribution in [0.4, 0.5) is 0 Å². The molecule has 0 saturated heterocycles. The zero-order chi connectivity index (χ0) is 12.8. The van der Waals surface area contributed by atoms with Gasteiger partial charge in [0.15, 0.2) is 0 Å². The van der Waals surface area contributed by atoms with Crippen molar-refractivity contribution in [2.24, 2.45) is 5.11 Å². The third-order valence-electron chi connectivity index (χ3n) is 2.21. The first-order valence-electron chi connectivity index (χ1n) is 4.80. The fraction of sp³-hybridized carbons (Fsp3) is 0.400. The van der Waals surface area contributed by atoms with Crippen molar-refractivity contribution >= 4 is 11.6 Å². The van der Waals surface area contributed by atoms with Gasteiger partial charge in [-0.05, 0) is 23.2 Å². The van der Waals surface area contributed by atoms with E-state index in [4.69, 9.17) is 21.9 Å². The van der Waals surface area contributed by atoms with Crippen LogP contribution in [0.1, 0.15) is 11.7 Å². The number of aliphatic hydroxyl groups excluding tert-OH is 2. The summed E-state index contributed by atoms with van der Waals surface area (Å²) in [6.07, 6.45) is -2.33. The summed E-state index contributed by atoms with van der Waals surface area (Å²) in [6, 6.07) is 4.64. The van der Waals surface area contributed by atoms with Gasteiger partial charge in [0.05, 0.1) is 24.8 Å². The predicted molar refractivity (Wildman–Crippen MR) is 63.0 cm³/mol. The summed E-state index contributed by atoms with van der Waals surface area (Å²) in [4.78, 5) is 2.51. The van der Waals surface area contributed by atoms with Gasteiger partial charge in [0, 0.05) is 4.91 Å². The first-order valence-corrected chi connectivity index (χ1v) is 5.18. The Morgan fingerprint density at radius 2 is 2.24 bits per heavy atom. The van der Waals surface area contributed by atoms with E-state index in [0.717, 1.165) is 0 Å². The zero-order valence-corrected chi connectivity index (χ0v) is 9.87. The second-order valence-corrected chi connectivity index (χ2v) is 3.73. The highest BCUT2D eigenvalue weighted by Crippen LogP contribution is 2.28. The molecule has 0 bridgehead atoms. The number of rotatable bonds is 5. The van der Waals surface area contributed by atoms with Crippen molar-refractivity contribution in [3.05, 3.63) is 39.2 Å². The SMILES string of the molecule is COc1cc(C(O)C(O)CN=[N+]=[N-])ccc1Cl. The van der Waals surface area contributed by atoms with Crippen LogP contribution in [0.2, 0.25) is 5.02 Å². The Morgan fingerprint density at radius 3 is 2.82 bits per heavy atom. The van der Waals surface area contributed by atoms with E-state index in [9.17, 15) is 10.2 Å². The molecule has 1 rings (SSSR count). The second kappa shape index (κ2) is 6.32. The average Bonchev–Trinajstić information content (AvgIpc) is 2.35. The molecule has 1 aromatic rings. The summed E-state index contributed by atoms with van der Waals surface area (Å²) in [6.45, 7) is -0.206. The van der Waals surface area contributed by atoms with Crippen LogP contribution < -0.4 is 4.74 Å². The molecule has 2 N–H and O–H groups in total. The number of aliphatic hydroxyl groups is 2. The first-order chi connectivity index (χ1) is 8.10. The number of hydrogen-bond acceptors (Lipinski definition) is 4. The quantitative estimate of drug-likeness (QED) is 0.480. The van der Waals surface area contributed by atoms with Crippen LogP contribution in [0, 0.1) is 0 Å². The Hall–Kier alpha value is -1.46. The van der Waals surface area contributed by atoms with E-state index in [1.165, 1.54) is 13.2 Å². The van der Waals surface area contributed by atoms with Crippen LogP contribution >= 0.6 is 11.6 Å². The van der Waals surface area contributed by atoms with Gasteiger partial charge >= 0.3 is 0 Å². The summed E-state index contributed by atoms with van der Waals surface area (Å²) in [5.41, 5.74) is 8.55. The van der Waals surface area contributed by atoms with E-state index in [0.29, 0.717) is 16.3 Å². The van der Waals surface area contributed by atoms with Crippen molar-refractivity contribution in [2.45, 2.75) is 12.2 Å². The molecule has 7 heteroatoms. The first kappa shape index (κ1) is 13.6. The standard InChI is InChI=1S/C10H12ClN3O3/c1-17-9-4-6(2-3-7(9)11)10(16)8(15)5-13-14-12/h2-4,8,10,15-16H,5H2,1H3. The molecule has 2 unspecified atom stereocenters. The lowest BCUT2D eigenvalue weighted by atomic mass is 10.0. The van der Waals surface area contributed by atoms with Crippen LogP contribution in [0.25, 0.3) is 10.4 Å². The minimum Gasteiger partial charge on any atom is -0.495 e. The van der Waals surface area contributed by atoms with E-state index >= 15 is 0 Å². The number of hydrogen-bond donors (Lipinski definition) is 2. The molecule has 0 spiro atoms. The summed E-state index contributed by atoms with van der Waals surface area (Å²) < 4.78 is 4.99. The normalized spacial score (nSPS) is 13.6. The molecule has 0 heterocycles. The van der Waals surface area contributed by atoms with Crippen molar-refractivity contribution < 1.29 is 14.9 Å². The van der Waals surface area contributed by atoms with Gasteiger partial charge in [-0.2, -0.15) is 0 Å². The number of nitrogens with zero attached hydrogens (tertiary/aromatic N) is 3. The third kappa shape index (κ3) is 3.51. The van der Waals surface area contributed by atoms with Crippen LogP contribution in [0.5, 0.6) is 5.75 Å². The summed E-state index contributed by atoms with van der Waals surface area (Å²) in [5, 5.41) is 22.9. The molecule has 0 aliphatic carbocycles. The monoisotopic (exact) mass is 257 g/mol. The molecular formula is C10H12ClN3O3. The Bertz CT molecular complexity index is 435. The van der Waals surface area contributed by atoms with Crippen molar-refractivity contribution in [1.29, 1.82) is 0 Å². The molecule has 0 aromatic heterocycles. The maximum atomic E-state index is 9.79. The van der Waals surface area contributed by atoms with Gasteiger partial charge in [-0.15, -0.1) is 0 Å². The molecule has 6 nitrogen and oxygen atoms in total. The molecule has 17 heavy (non-hydrogen) atoms. The Kier molecular flexibility index (Phi) is 5.06. The number of azide groups is 1. The lowest BCUT2D eigenvalue weighted by Gasteiger charge is -2.17. The molecule has 0 aliphatic heterocycles. The van der Waals surface area contributed by atoms with Crippen LogP contribution in [-0.2, 0) is 0 Å². The van der Waals surface area contributed by atoms with Gasteiger partial charge in [0.1, 0.15) is 11.9 Å². The van der Waals surface area contributed by atoms with Gasteiger partial charge < -0.3 is 14.9 Å². The van der Waals surface area contributed by atoms with E-state index in [2.05, 4.69) is 10.0 Å². The fourth-order valence-electron chi connectivity index (χ4n) is 1.30. The average molecular weight is 258 g/mol. The minimum atomic E-state index is -1.17. The minimum absolute atomic E-state index is 0.206. The maximum absolute atomic E-state index is 9.79. The van der Waals surface area contributed by atoms with E-state index in [1.54, 1.807) is 12.1 Å². The molecule has 1 aromatic carbocycles. The third-order valence-corrected chi connectivity index (χ3v) is 2.53. The highest BCUT2D eigenvalue weighted by molar-refractivity contribution is 6.32. The summed E-state index contributed by atoms with van der Waals surface area (Å²) in [7, 11) is 1.45. The molecule has 0 aliphatic rings. The number of methoxy groups -OCH3 is 1. The van der Waals surface area contributed by atoms with E-state index in [1.807, 2.05) is 0 Å². The Morgan fingerprint density at radius 1 is 1.53 bits per heavy atom.